The number of aromatic nitrogens is 2. The van der Waals surface area contributed by atoms with Gasteiger partial charge >= 0.3 is 0 Å². The van der Waals surface area contributed by atoms with Crippen LogP contribution in [0.25, 0.3) is 5.69 Å². The van der Waals surface area contributed by atoms with Crippen molar-refractivity contribution in [1.82, 2.24) is 9.78 Å². The van der Waals surface area contributed by atoms with Crippen LogP contribution in [0.3, 0.4) is 0 Å². The van der Waals surface area contributed by atoms with Crippen LogP contribution in [0.4, 0.5) is 5.82 Å². The summed E-state index contributed by atoms with van der Waals surface area (Å²) in [4.78, 5) is 12.6. The summed E-state index contributed by atoms with van der Waals surface area (Å²) in [6.45, 7) is -0.268. The van der Waals surface area contributed by atoms with Gasteiger partial charge in [-0.25, -0.2) is 13.1 Å². The Labute approximate surface area is 178 Å². The van der Waals surface area contributed by atoms with Crippen LogP contribution < -0.4 is 14.8 Å². The first-order chi connectivity index (χ1) is 14.3. The molecule has 4 rings (SSSR count). The van der Waals surface area contributed by atoms with Crippen LogP contribution >= 0.6 is 11.6 Å². The van der Waals surface area contributed by atoms with Crippen molar-refractivity contribution in [3.63, 3.8) is 0 Å². The first-order valence-corrected chi connectivity index (χ1v) is 11.2. The highest BCUT2D eigenvalue weighted by Gasteiger charge is 2.33. The van der Waals surface area contributed by atoms with Gasteiger partial charge in [0.25, 0.3) is 5.91 Å². The topological polar surface area (TPSA) is 99.5 Å². The Balaban J connectivity index is 1.58. The Morgan fingerprint density at radius 2 is 1.93 bits per heavy atom. The Bertz CT molecular complexity index is 1220. The van der Waals surface area contributed by atoms with Crippen LogP contribution in [0.1, 0.15) is 11.3 Å². The summed E-state index contributed by atoms with van der Waals surface area (Å²) in [6.07, 6.45) is 0. The summed E-state index contributed by atoms with van der Waals surface area (Å²) in [5, 5.41) is 7.64. The number of hydrogen-bond donors (Lipinski definition) is 1. The highest BCUT2D eigenvalue weighted by molar-refractivity contribution is 7.90. The first kappa shape index (κ1) is 20.2. The summed E-state index contributed by atoms with van der Waals surface area (Å²) in [5.74, 6) is 0.574. The average Bonchev–Trinajstić information content (AvgIpc) is 3.19. The Hall–Kier alpha value is -3.04. The van der Waals surface area contributed by atoms with E-state index in [2.05, 4.69) is 10.4 Å². The molecular formula is C20H18ClN3O5S. The van der Waals surface area contributed by atoms with Crippen LogP contribution in [0.2, 0.25) is 5.02 Å². The number of carbonyl (C=O) groups is 1. The molecule has 3 aromatic rings. The molecule has 0 saturated carbocycles. The number of fused-ring (bicyclic) bond motifs is 1. The lowest BCUT2D eigenvalue weighted by molar-refractivity contribution is -0.118. The molecule has 0 aliphatic carbocycles. The Morgan fingerprint density at radius 1 is 1.17 bits per heavy atom. The number of ether oxygens (including phenoxy) is 2. The van der Waals surface area contributed by atoms with Crippen molar-refractivity contribution < 1.29 is 22.7 Å². The molecule has 30 heavy (non-hydrogen) atoms. The van der Waals surface area contributed by atoms with Gasteiger partial charge in [-0.15, -0.1) is 0 Å². The van der Waals surface area contributed by atoms with E-state index in [1.165, 1.54) is 11.8 Å². The van der Waals surface area contributed by atoms with Crippen molar-refractivity contribution >= 4 is 33.2 Å². The SMILES string of the molecule is COc1cccc(OCC(=O)Nc2c3c(nn2-c2cccc(Cl)c2)CS(=O)(=O)C3)c1. The van der Waals surface area contributed by atoms with Gasteiger partial charge < -0.3 is 14.8 Å². The van der Waals surface area contributed by atoms with E-state index >= 15 is 0 Å². The Kier molecular flexibility index (Phi) is 5.40. The third-order valence-electron chi connectivity index (χ3n) is 4.51. The number of nitrogens with one attached hydrogen (secondary N) is 1. The second kappa shape index (κ2) is 8.00. The molecule has 0 atom stereocenters. The van der Waals surface area contributed by atoms with E-state index in [9.17, 15) is 13.2 Å². The normalized spacial score (nSPS) is 14.2. The number of methoxy groups -OCH3 is 1. The smallest absolute Gasteiger partial charge is 0.263 e. The lowest BCUT2D eigenvalue weighted by atomic mass is 10.2. The molecule has 1 aliphatic heterocycles. The molecule has 10 heteroatoms. The minimum atomic E-state index is -3.29. The molecule has 2 aromatic carbocycles. The number of sulfone groups is 1. The molecule has 2 heterocycles. The van der Waals surface area contributed by atoms with E-state index in [0.29, 0.717) is 39.3 Å². The standard InChI is InChI=1S/C20H18ClN3O5S/c1-28-15-6-3-7-16(9-15)29-10-19(25)22-20-17-11-30(26,27)12-18(17)23-24(20)14-5-2-4-13(21)8-14/h2-9H,10-12H2,1H3,(H,22,25). The highest BCUT2D eigenvalue weighted by Crippen LogP contribution is 2.33. The quantitative estimate of drug-likeness (QED) is 0.623. The predicted molar refractivity (Wildman–Crippen MR) is 112 cm³/mol. The van der Waals surface area contributed by atoms with Crippen LogP contribution in [0, 0.1) is 0 Å². The molecule has 156 valence electrons. The van der Waals surface area contributed by atoms with E-state index in [1.807, 2.05) is 0 Å². The third-order valence-corrected chi connectivity index (χ3v) is 6.19. The van der Waals surface area contributed by atoms with Gasteiger partial charge in [0, 0.05) is 16.7 Å². The van der Waals surface area contributed by atoms with E-state index in [0.717, 1.165) is 0 Å². The molecule has 0 spiro atoms. The van der Waals surface area contributed by atoms with Gasteiger partial charge in [0.2, 0.25) is 0 Å². The maximum atomic E-state index is 12.6. The minimum Gasteiger partial charge on any atom is -0.497 e. The number of rotatable bonds is 6. The van der Waals surface area contributed by atoms with Crippen molar-refractivity contribution in [1.29, 1.82) is 0 Å². The second-order valence-electron chi connectivity index (χ2n) is 6.71. The van der Waals surface area contributed by atoms with Gasteiger partial charge in [-0.3, -0.25) is 4.79 Å². The number of benzene rings is 2. The third kappa shape index (κ3) is 4.27. The Morgan fingerprint density at radius 3 is 2.70 bits per heavy atom. The number of hydrogen-bond acceptors (Lipinski definition) is 6. The lowest BCUT2D eigenvalue weighted by Gasteiger charge is -2.12. The molecule has 1 aliphatic rings. The largest absolute Gasteiger partial charge is 0.497 e. The fourth-order valence-corrected chi connectivity index (χ4v) is 4.85. The van der Waals surface area contributed by atoms with Gasteiger partial charge in [-0.2, -0.15) is 5.10 Å². The maximum absolute atomic E-state index is 12.6. The van der Waals surface area contributed by atoms with Gasteiger partial charge in [0.05, 0.1) is 30.0 Å². The molecule has 1 N–H and O–H groups in total. The van der Waals surface area contributed by atoms with Gasteiger partial charge in [-0.05, 0) is 30.3 Å². The molecule has 0 unspecified atom stereocenters. The summed E-state index contributed by atoms with van der Waals surface area (Å²) in [6, 6.07) is 13.8. The molecule has 1 amide bonds. The summed E-state index contributed by atoms with van der Waals surface area (Å²) < 4.78 is 36.2. The lowest BCUT2D eigenvalue weighted by Crippen LogP contribution is -2.22. The number of amides is 1. The van der Waals surface area contributed by atoms with Crippen molar-refractivity contribution in [3.8, 4) is 17.2 Å². The monoisotopic (exact) mass is 447 g/mol. The summed E-state index contributed by atoms with van der Waals surface area (Å²) in [5.41, 5.74) is 1.50. The molecule has 8 nitrogen and oxygen atoms in total. The fraction of sp³-hybridized carbons (Fsp3) is 0.200. The minimum absolute atomic E-state index is 0.168. The van der Waals surface area contributed by atoms with E-state index in [1.54, 1.807) is 48.5 Å². The zero-order valence-electron chi connectivity index (χ0n) is 16.0. The van der Waals surface area contributed by atoms with Gasteiger partial charge in [0.1, 0.15) is 17.3 Å². The van der Waals surface area contributed by atoms with E-state index in [4.69, 9.17) is 21.1 Å². The number of nitrogens with zero attached hydrogens (tertiary/aromatic N) is 2. The molecule has 1 aromatic heterocycles. The number of anilines is 1. The second-order valence-corrected chi connectivity index (χ2v) is 9.21. The zero-order valence-corrected chi connectivity index (χ0v) is 17.5. The molecule has 0 saturated heterocycles. The van der Waals surface area contributed by atoms with E-state index < -0.39 is 15.7 Å². The first-order valence-electron chi connectivity index (χ1n) is 8.98. The molecule has 0 bridgehead atoms. The van der Waals surface area contributed by atoms with Crippen LogP contribution in [0.5, 0.6) is 11.5 Å². The van der Waals surface area contributed by atoms with Gasteiger partial charge in [-0.1, -0.05) is 23.7 Å². The van der Waals surface area contributed by atoms with E-state index in [-0.39, 0.29) is 18.1 Å². The molecule has 0 radical (unpaired) electrons. The van der Waals surface area contributed by atoms with Crippen LogP contribution in [-0.4, -0.2) is 37.8 Å². The van der Waals surface area contributed by atoms with Crippen molar-refractivity contribution in [2.45, 2.75) is 11.5 Å². The highest BCUT2D eigenvalue weighted by atomic mass is 35.5. The summed E-state index contributed by atoms with van der Waals surface area (Å²) in [7, 11) is -1.75. The zero-order chi connectivity index (χ0) is 21.3. The summed E-state index contributed by atoms with van der Waals surface area (Å²) >= 11 is 6.08. The van der Waals surface area contributed by atoms with Crippen molar-refractivity contribution in [2.75, 3.05) is 19.0 Å². The number of carbonyl (C=O) groups excluding carboxylic acids is 1. The van der Waals surface area contributed by atoms with Crippen LogP contribution in [0.15, 0.2) is 48.5 Å². The maximum Gasteiger partial charge on any atom is 0.263 e. The predicted octanol–water partition coefficient (Wildman–Crippen LogP) is 2.98. The average molecular weight is 448 g/mol. The van der Waals surface area contributed by atoms with Crippen LogP contribution in [-0.2, 0) is 26.1 Å². The molecular weight excluding hydrogens is 430 g/mol. The van der Waals surface area contributed by atoms with Gasteiger partial charge in [0.15, 0.2) is 16.4 Å². The number of halogens is 1. The van der Waals surface area contributed by atoms with Crippen molar-refractivity contribution in [2.24, 2.45) is 0 Å². The molecule has 0 fully saturated rings. The van der Waals surface area contributed by atoms with Crippen molar-refractivity contribution in [3.05, 3.63) is 64.8 Å². The fourth-order valence-electron chi connectivity index (χ4n) is 3.17.